The molecule has 4 aliphatic rings. The van der Waals surface area contributed by atoms with Gasteiger partial charge in [0, 0.05) is 33.2 Å². The lowest BCUT2D eigenvalue weighted by Gasteiger charge is -2.36. The second-order valence-electron chi connectivity index (χ2n) is 13.4. The van der Waals surface area contributed by atoms with E-state index in [9.17, 15) is 18.8 Å². The maximum atomic E-state index is 14.6. The summed E-state index contributed by atoms with van der Waals surface area (Å²) in [5.74, 6) is -0.682. The van der Waals surface area contributed by atoms with E-state index >= 15 is 0 Å². The van der Waals surface area contributed by atoms with Crippen LogP contribution in [0.5, 0.6) is 0 Å². The number of alkyl halides is 1. The third kappa shape index (κ3) is 6.06. The van der Waals surface area contributed by atoms with Gasteiger partial charge in [0.15, 0.2) is 0 Å². The monoisotopic (exact) mass is 615 g/mol. The van der Waals surface area contributed by atoms with Crippen LogP contribution >= 0.6 is 0 Å². The summed E-state index contributed by atoms with van der Waals surface area (Å²) >= 11 is 0. The van der Waals surface area contributed by atoms with E-state index in [1.807, 2.05) is 54.4 Å². The van der Waals surface area contributed by atoms with Crippen LogP contribution in [0.15, 0.2) is 42.5 Å². The van der Waals surface area contributed by atoms with E-state index in [1.165, 1.54) is 0 Å². The van der Waals surface area contributed by atoms with Crippen molar-refractivity contribution in [3.63, 3.8) is 0 Å². The highest BCUT2D eigenvalue weighted by molar-refractivity contribution is 5.94. The number of carbonyl (C=O) groups is 3. The number of benzene rings is 2. The van der Waals surface area contributed by atoms with Crippen molar-refractivity contribution in [2.24, 2.45) is 18.9 Å². The summed E-state index contributed by atoms with van der Waals surface area (Å²) in [6.07, 6.45) is 5.86. The normalized spacial score (nSPS) is 25.9. The first kappa shape index (κ1) is 29.8. The molecule has 4 heterocycles. The number of aryl methyl sites for hydroxylation is 1. The average molecular weight is 616 g/mol. The average Bonchev–Trinajstić information content (AvgIpc) is 3.43. The zero-order chi connectivity index (χ0) is 31.1. The van der Waals surface area contributed by atoms with Gasteiger partial charge in [-0.3, -0.25) is 14.4 Å². The third-order valence-corrected chi connectivity index (χ3v) is 10.3. The maximum absolute atomic E-state index is 14.6. The Kier molecular flexibility index (Phi) is 8.05. The van der Waals surface area contributed by atoms with Gasteiger partial charge in [0.05, 0.1) is 17.5 Å². The van der Waals surface area contributed by atoms with Crippen molar-refractivity contribution in [1.29, 1.82) is 0 Å². The smallest absolute Gasteiger partial charge is 0.243 e. The van der Waals surface area contributed by atoms with Crippen molar-refractivity contribution in [3.05, 3.63) is 59.2 Å². The number of rotatable bonds is 8. The highest BCUT2D eigenvalue weighted by Crippen LogP contribution is 2.49. The minimum atomic E-state index is -1.17. The number of hydrogen-bond donors (Lipinski definition) is 2. The number of amides is 3. The van der Waals surface area contributed by atoms with Gasteiger partial charge in [0.1, 0.15) is 17.2 Å². The molecule has 3 aromatic rings. The quantitative estimate of drug-likeness (QED) is 0.403. The van der Waals surface area contributed by atoms with Crippen LogP contribution in [0.3, 0.4) is 0 Å². The lowest BCUT2D eigenvalue weighted by molar-refractivity contribution is -0.146. The third-order valence-electron chi connectivity index (χ3n) is 10.3. The molecule has 0 unspecified atom stereocenters. The van der Waals surface area contributed by atoms with Crippen LogP contribution < -0.4 is 10.6 Å². The Morgan fingerprint density at radius 2 is 1.78 bits per heavy atom. The number of likely N-dealkylation sites (tertiary alicyclic amines) is 2. The van der Waals surface area contributed by atoms with Crippen molar-refractivity contribution in [2.45, 2.75) is 75.7 Å². The second-order valence-corrected chi connectivity index (χ2v) is 13.4. The van der Waals surface area contributed by atoms with E-state index in [2.05, 4.69) is 20.9 Å². The van der Waals surface area contributed by atoms with Crippen LogP contribution in [0.25, 0.3) is 11.0 Å². The summed E-state index contributed by atoms with van der Waals surface area (Å²) in [6.45, 7) is 2.89. The van der Waals surface area contributed by atoms with Crippen LogP contribution in [-0.4, -0.2) is 80.8 Å². The molecule has 0 radical (unpaired) electrons. The van der Waals surface area contributed by atoms with Crippen LogP contribution in [0.1, 0.15) is 61.6 Å². The molecule has 0 spiro atoms. The first-order valence-electron chi connectivity index (χ1n) is 16.5. The topological polar surface area (TPSA) is 112 Å². The van der Waals surface area contributed by atoms with Gasteiger partial charge in [-0.25, -0.2) is 9.07 Å². The Hall–Kier alpha value is -3.86. The molecular formula is C34H42FN7O3. The van der Waals surface area contributed by atoms with Crippen LogP contribution in [0.4, 0.5) is 4.39 Å². The molecule has 1 aromatic heterocycles. The van der Waals surface area contributed by atoms with Gasteiger partial charge >= 0.3 is 0 Å². The summed E-state index contributed by atoms with van der Waals surface area (Å²) in [6, 6.07) is 12.2. The molecule has 2 N–H and O–H groups in total. The zero-order valence-electron chi connectivity index (χ0n) is 25.9. The number of nitrogens with one attached hydrogen (secondary N) is 2. The van der Waals surface area contributed by atoms with E-state index in [0.29, 0.717) is 51.7 Å². The second kappa shape index (κ2) is 12.2. The molecule has 7 rings (SSSR count). The number of carbonyl (C=O) groups excluding carboxylic acids is 3. The van der Waals surface area contributed by atoms with Crippen LogP contribution in [0.2, 0.25) is 0 Å². The number of hydrogen-bond acceptors (Lipinski definition) is 6. The van der Waals surface area contributed by atoms with E-state index in [-0.39, 0.29) is 23.6 Å². The summed E-state index contributed by atoms with van der Waals surface area (Å²) in [4.78, 5) is 45.2. The fraction of sp³-hybridized carbons (Fsp3) is 0.559. The summed E-state index contributed by atoms with van der Waals surface area (Å²) in [5.41, 5.74) is 3.18. The molecule has 4 atom stereocenters. The minimum Gasteiger partial charge on any atom is -0.350 e. The Balaban J connectivity index is 1.08. The number of halogens is 1. The Labute approximate surface area is 262 Å². The van der Waals surface area contributed by atoms with Gasteiger partial charge in [0.25, 0.3) is 0 Å². The molecule has 3 aliphatic heterocycles. The highest BCUT2D eigenvalue weighted by atomic mass is 19.1. The minimum absolute atomic E-state index is 0.0515. The van der Waals surface area contributed by atoms with Gasteiger partial charge in [-0.2, -0.15) is 0 Å². The summed E-state index contributed by atoms with van der Waals surface area (Å²) < 4.78 is 16.3. The lowest BCUT2D eigenvalue weighted by Crippen LogP contribution is -2.59. The predicted molar refractivity (Wildman–Crippen MR) is 166 cm³/mol. The fourth-order valence-corrected chi connectivity index (χ4v) is 7.50. The molecule has 1 aliphatic carbocycles. The van der Waals surface area contributed by atoms with Crippen molar-refractivity contribution in [2.75, 3.05) is 26.2 Å². The van der Waals surface area contributed by atoms with Gasteiger partial charge in [-0.1, -0.05) is 35.5 Å². The maximum Gasteiger partial charge on any atom is 0.243 e. The Morgan fingerprint density at radius 3 is 2.53 bits per heavy atom. The number of piperidine rings is 1. The van der Waals surface area contributed by atoms with Crippen molar-refractivity contribution in [3.8, 4) is 0 Å². The van der Waals surface area contributed by atoms with Gasteiger partial charge < -0.3 is 20.4 Å². The lowest BCUT2D eigenvalue weighted by atomic mass is 9.88. The Morgan fingerprint density at radius 1 is 1.02 bits per heavy atom. The first-order valence-corrected chi connectivity index (χ1v) is 16.5. The van der Waals surface area contributed by atoms with Crippen LogP contribution in [0, 0.1) is 11.8 Å². The molecule has 11 heteroatoms. The number of nitrogens with zero attached hydrogens (tertiary/aromatic N) is 5. The largest absolute Gasteiger partial charge is 0.350 e. The van der Waals surface area contributed by atoms with E-state index < -0.39 is 23.7 Å². The van der Waals surface area contributed by atoms with Gasteiger partial charge in [-0.05, 0) is 92.7 Å². The molecule has 45 heavy (non-hydrogen) atoms. The summed E-state index contributed by atoms with van der Waals surface area (Å²) in [5, 5.41) is 14.7. The molecule has 3 saturated heterocycles. The molecular weight excluding hydrogens is 573 g/mol. The van der Waals surface area contributed by atoms with E-state index in [4.69, 9.17) is 0 Å². The van der Waals surface area contributed by atoms with Crippen molar-refractivity contribution >= 4 is 28.8 Å². The number of fused-ring (bicyclic) bond motifs is 1. The zero-order valence-corrected chi connectivity index (χ0v) is 25.9. The Bertz CT molecular complexity index is 1580. The number of aromatic nitrogens is 3. The molecule has 1 saturated carbocycles. The molecule has 3 amide bonds. The van der Waals surface area contributed by atoms with Crippen molar-refractivity contribution in [1.82, 2.24) is 35.4 Å². The predicted octanol–water partition coefficient (Wildman–Crippen LogP) is 2.99. The van der Waals surface area contributed by atoms with Crippen molar-refractivity contribution < 1.29 is 18.8 Å². The van der Waals surface area contributed by atoms with E-state index in [0.717, 1.165) is 60.1 Å². The molecule has 10 nitrogen and oxygen atoms in total. The van der Waals surface area contributed by atoms with Crippen LogP contribution in [-0.2, 0) is 40.1 Å². The van der Waals surface area contributed by atoms with E-state index in [1.54, 1.807) is 9.58 Å². The first-order chi connectivity index (χ1) is 21.8. The SMILES string of the molecule is Cn1nnc2cc(CNC(=O)[C@@H]3C[C@@H](Cc4ccc(C5(F)CC5)cc4)CN3C(=O)[C@@H]3NCCC[C@@H]3C(=O)N3CCCC3)ccc21. The van der Waals surface area contributed by atoms with Gasteiger partial charge in [-0.15, -0.1) is 5.10 Å². The fourth-order valence-electron chi connectivity index (χ4n) is 7.50. The van der Waals surface area contributed by atoms with Gasteiger partial charge in [0.2, 0.25) is 17.7 Å². The standard InChI is InChI=1S/C34H42FN7O3/c1-40-28-11-8-23(18-27(28)38-39-40)20-37-31(43)29-19-24(17-22-6-9-25(10-7-22)34(35)12-13-34)21-42(29)33(45)30-26(5-4-14-36-30)32(44)41-15-2-3-16-41/h6-11,18,24,26,29-30,36H,2-5,12-17,19-21H2,1H3,(H,37,43)/t24-,26+,29+,30-/m1/s1. The molecule has 238 valence electrons. The highest BCUT2D eigenvalue weighted by Gasteiger charge is 2.47. The molecule has 2 aromatic carbocycles. The molecule has 0 bridgehead atoms. The molecule has 4 fully saturated rings. The summed E-state index contributed by atoms with van der Waals surface area (Å²) in [7, 11) is 1.84.